The molecule has 0 aromatic heterocycles. The minimum Gasteiger partial charge on any atom is -0.463 e. The van der Waals surface area contributed by atoms with Crippen molar-refractivity contribution in [1.29, 1.82) is 0 Å². The van der Waals surface area contributed by atoms with Gasteiger partial charge < -0.3 is 20.1 Å². The number of nitrogens with zero attached hydrogens (tertiary/aromatic N) is 1. The van der Waals surface area contributed by atoms with E-state index < -0.39 is 12.0 Å². The molecule has 2 rings (SSSR count). The summed E-state index contributed by atoms with van der Waals surface area (Å²) in [5, 5.41) is 12.5. The number of hydrogen-bond donors (Lipinski definition) is 2. The molecule has 0 aliphatic carbocycles. The highest BCUT2D eigenvalue weighted by Crippen LogP contribution is 2.17. The Morgan fingerprint density at radius 2 is 1.68 bits per heavy atom. The molecule has 0 saturated carbocycles. The van der Waals surface area contributed by atoms with Crippen molar-refractivity contribution in [2.75, 3.05) is 25.5 Å². The molecule has 0 radical (unpaired) electrons. The van der Waals surface area contributed by atoms with Gasteiger partial charge in [0, 0.05) is 37.4 Å². The summed E-state index contributed by atoms with van der Waals surface area (Å²) in [7, 11) is 0. The Labute approximate surface area is 242 Å². The van der Waals surface area contributed by atoms with Gasteiger partial charge in [0.15, 0.2) is 0 Å². The first-order valence-electron chi connectivity index (χ1n) is 13.7. The smallest absolute Gasteiger partial charge is 0.305 e. The number of aliphatic hydroxyl groups is 1. The van der Waals surface area contributed by atoms with E-state index in [1.54, 1.807) is 28.8 Å². The van der Waals surface area contributed by atoms with E-state index in [2.05, 4.69) is 18.5 Å². The maximum atomic E-state index is 13.4. The molecule has 2 aromatic rings. The monoisotopic (exact) mass is 566 g/mol. The van der Waals surface area contributed by atoms with Crippen LogP contribution in [0.1, 0.15) is 43.2 Å². The Kier molecular flexibility index (Phi) is 16.1. The quantitative estimate of drug-likeness (QED) is 0.134. The van der Waals surface area contributed by atoms with E-state index >= 15 is 0 Å². The largest absolute Gasteiger partial charge is 0.463 e. The van der Waals surface area contributed by atoms with E-state index in [-0.39, 0.29) is 44.0 Å². The van der Waals surface area contributed by atoms with Crippen molar-refractivity contribution in [3.05, 3.63) is 97.1 Å². The van der Waals surface area contributed by atoms with E-state index in [1.807, 2.05) is 60.7 Å². The third-order valence-electron chi connectivity index (χ3n) is 6.19. The van der Waals surface area contributed by atoms with Crippen LogP contribution in [0.15, 0.2) is 86.0 Å². The van der Waals surface area contributed by atoms with Gasteiger partial charge in [0.1, 0.15) is 6.61 Å². The van der Waals surface area contributed by atoms with Crippen LogP contribution in [0, 0.1) is 5.92 Å². The van der Waals surface area contributed by atoms with Crippen molar-refractivity contribution < 1.29 is 24.2 Å². The van der Waals surface area contributed by atoms with Gasteiger partial charge in [0.2, 0.25) is 11.8 Å². The summed E-state index contributed by atoms with van der Waals surface area (Å²) in [5.74, 6) is -0.155. The van der Waals surface area contributed by atoms with Crippen LogP contribution in [-0.4, -0.2) is 59.3 Å². The van der Waals surface area contributed by atoms with Crippen LogP contribution < -0.4 is 5.32 Å². The molecule has 2 N–H and O–H groups in total. The average molecular weight is 567 g/mol. The average Bonchev–Trinajstić information content (AvgIpc) is 2.96. The van der Waals surface area contributed by atoms with E-state index in [9.17, 15) is 19.5 Å². The van der Waals surface area contributed by atoms with Crippen LogP contribution in [0.25, 0.3) is 0 Å². The fraction of sp³-hybridized carbons (Fsp3) is 0.406. The fourth-order valence-electron chi connectivity index (χ4n) is 4.04. The number of ether oxygens (including phenoxy) is 1. The number of carbonyl (C=O) groups excluding carboxylic acids is 3. The van der Waals surface area contributed by atoms with Crippen molar-refractivity contribution in [2.24, 2.45) is 5.92 Å². The molecule has 40 heavy (non-hydrogen) atoms. The summed E-state index contributed by atoms with van der Waals surface area (Å²) < 4.78 is 5.49. The molecule has 2 aromatic carbocycles. The second kappa shape index (κ2) is 19.7. The van der Waals surface area contributed by atoms with Gasteiger partial charge in [0.05, 0.1) is 18.6 Å². The second-order valence-corrected chi connectivity index (χ2v) is 10.6. The van der Waals surface area contributed by atoms with Gasteiger partial charge in [-0.3, -0.25) is 14.4 Å². The third-order valence-corrected chi connectivity index (χ3v) is 7.37. The molecule has 2 amide bonds. The lowest BCUT2D eigenvalue weighted by Crippen LogP contribution is -2.45. The number of thioether (sulfide) groups is 1. The molecule has 0 bridgehead atoms. The normalized spacial score (nSPS) is 12.1. The molecule has 0 saturated heterocycles. The molecule has 2 unspecified atom stereocenters. The fourth-order valence-corrected chi connectivity index (χ4v) is 5.05. The van der Waals surface area contributed by atoms with Crippen molar-refractivity contribution in [1.82, 2.24) is 10.2 Å². The number of benzene rings is 2. The maximum absolute atomic E-state index is 13.4. The highest BCUT2D eigenvalue weighted by atomic mass is 32.2. The highest BCUT2D eigenvalue weighted by Gasteiger charge is 2.26. The predicted molar refractivity (Wildman–Crippen MR) is 161 cm³/mol. The molecular weight excluding hydrogens is 524 g/mol. The highest BCUT2D eigenvalue weighted by molar-refractivity contribution is 7.98. The van der Waals surface area contributed by atoms with Crippen molar-refractivity contribution >= 4 is 29.5 Å². The number of rotatable bonds is 20. The summed E-state index contributed by atoms with van der Waals surface area (Å²) in [4.78, 5) is 40.3. The van der Waals surface area contributed by atoms with Gasteiger partial charge in [-0.05, 0) is 30.4 Å². The van der Waals surface area contributed by atoms with Crippen LogP contribution >= 0.6 is 11.8 Å². The lowest BCUT2D eigenvalue weighted by atomic mass is 9.98. The lowest BCUT2D eigenvalue weighted by molar-refractivity contribution is -0.145. The molecule has 2 atom stereocenters. The minimum atomic E-state index is -0.633. The molecular formula is C32H42N2O5S. The number of unbranched alkanes of at least 4 members (excludes halogenated alkanes) is 1. The zero-order valence-corrected chi connectivity index (χ0v) is 24.0. The Hall–Kier alpha value is -3.36. The molecule has 0 fully saturated rings. The Morgan fingerprint density at radius 3 is 2.30 bits per heavy atom. The van der Waals surface area contributed by atoms with Crippen LogP contribution in [0.2, 0.25) is 0 Å². The van der Waals surface area contributed by atoms with Gasteiger partial charge in [0.25, 0.3) is 0 Å². The Morgan fingerprint density at radius 1 is 1.00 bits per heavy atom. The molecule has 216 valence electrons. The molecule has 0 heterocycles. The number of nitrogens with one attached hydrogen (secondary N) is 1. The Bertz CT molecular complexity index is 1050. The van der Waals surface area contributed by atoms with Crippen LogP contribution in [0.4, 0.5) is 0 Å². The summed E-state index contributed by atoms with van der Waals surface area (Å²) in [5.41, 5.74) is 2.11. The first-order valence-corrected chi connectivity index (χ1v) is 14.8. The Balaban J connectivity index is 2.03. The molecule has 8 heteroatoms. The van der Waals surface area contributed by atoms with Gasteiger partial charge in [-0.1, -0.05) is 72.8 Å². The van der Waals surface area contributed by atoms with Crippen LogP contribution in [0.5, 0.6) is 0 Å². The number of amides is 2. The van der Waals surface area contributed by atoms with Crippen LogP contribution in [0.3, 0.4) is 0 Å². The number of allylic oxidation sites excluding steroid dienone is 2. The summed E-state index contributed by atoms with van der Waals surface area (Å²) in [6.45, 7) is 7.85. The van der Waals surface area contributed by atoms with Gasteiger partial charge in [-0.15, -0.1) is 13.2 Å². The zero-order chi connectivity index (χ0) is 29.0. The number of esters is 1. The summed E-state index contributed by atoms with van der Waals surface area (Å²) in [6, 6.07) is 19.1. The molecule has 0 aliphatic rings. The topological polar surface area (TPSA) is 95.9 Å². The third kappa shape index (κ3) is 13.1. The van der Waals surface area contributed by atoms with Crippen molar-refractivity contribution in [2.45, 2.75) is 50.4 Å². The minimum absolute atomic E-state index is 0.0180. The van der Waals surface area contributed by atoms with Gasteiger partial charge in [-0.2, -0.15) is 11.8 Å². The first-order chi connectivity index (χ1) is 19.5. The van der Waals surface area contributed by atoms with Crippen molar-refractivity contribution in [3.63, 3.8) is 0 Å². The molecule has 0 aliphatic heterocycles. The summed E-state index contributed by atoms with van der Waals surface area (Å²) >= 11 is 1.64. The van der Waals surface area contributed by atoms with E-state index in [4.69, 9.17) is 4.74 Å². The first kappa shape index (κ1) is 32.8. The standard InChI is InChI=1S/C32H42N2O5S/c1-3-5-8-18-31(37)39-23-29(25-40-24-27-16-11-7-12-17-27)33-32(38)28(13-4-2)21-30(36)34(19-20-35)22-26-14-9-6-10-15-26/h3-4,6-7,9-12,14-17,28-29,35H,1-2,5,8,13,18-25H2,(H,33,38). The SMILES string of the molecule is C=CCCCC(=O)OCC(CSCc1ccccc1)NC(=O)C(CC=C)CC(=O)N(CCO)Cc1ccccc1. The van der Waals surface area contributed by atoms with E-state index in [0.29, 0.717) is 31.6 Å². The van der Waals surface area contributed by atoms with Gasteiger partial charge >= 0.3 is 5.97 Å². The number of aliphatic hydroxyl groups excluding tert-OH is 1. The molecule has 0 spiro atoms. The predicted octanol–water partition coefficient (Wildman–Crippen LogP) is 4.91. The second-order valence-electron chi connectivity index (χ2n) is 9.52. The molecule has 7 nitrogen and oxygen atoms in total. The number of carbonyl (C=O) groups is 3. The van der Waals surface area contributed by atoms with Crippen molar-refractivity contribution in [3.8, 4) is 0 Å². The summed E-state index contributed by atoms with van der Waals surface area (Å²) in [6.07, 6.45) is 5.38. The van der Waals surface area contributed by atoms with Crippen LogP contribution in [-0.2, 0) is 31.4 Å². The zero-order valence-electron chi connectivity index (χ0n) is 23.2. The van der Waals surface area contributed by atoms with E-state index in [0.717, 1.165) is 23.3 Å². The lowest BCUT2D eigenvalue weighted by Gasteiger charge is -2.26. The number of hydrogen-bond acceptors (Lipinski definition) is 6. The maximum Gasteiger partial charge on any atom is 0.305 e. The van der Waals surface area contributed by atoms with Gasteiger partial charge in [-0.25, -0.2) is 0 Å². The van der Waals surface area contributed by atoms with E-state index in [1.165, 1.54) is 0 Å².